The molecule has 0 radical (unpaired) electrons. The normalized spacial score (nSPS) is 18.0. The van der Waals surface area contributed by atoms with Gasteiger partial charge in [-0.05, 0) is 0 Å². The van der Waals surface area contributed by atoms with Gasteiger partial charge in [0.25, 0.3) is 0 Å². The molecule has 0 aliphatic heterocycles. The van der Waals surface area contributed by atoms with E-state index in [0.29, 0.717) is 5.16 Å². The second kappa shape index (κ2) is 8.62. The van der Waals surface area contributed by atoms with Crippen molar-refractivity contribution in [3.05, 3.63) is 91.0 Å². The Labute approximate surface area is 171 Å². The van der Waals surface area contributed by atoms with Crippen LogP contribution in [0, 0.1) is 0 Å². The maximum atomic E-state index is 2.62. The molecule has 146 valence electrons. The Kier molecular flexibility index (Phi) is 5.98. The third-order valence-electron chi connectivity index (χ3n) is 6.98. The van der Waals surface area contributed by atoms with Crippen LogP contribution in [0.1, 0.15) is 51.9 Å². The summed E-state index contributed by atoms with van der Waals surface area (Å²) < 4.78 is 0. The van der Waals surface area contributed by atoms with Crippen molar-refractivity contribution in [3.8, 4) is 0 Å². The summed E-state index contributed by atoms with van der Waals surface area (Å²) in [5.41, 5.74) is 0. The van der Waals surface area contributed by atoms with Crippen molar-refractivity contribution in [1.82, 2.24) is 0 Å². The Bertz CT molecular complexity index is 750. The zero-order chi connectivity index (χ0) is 19.3. The van der Waals surface area contributed by atoms with Crippen LogP contribution in [0.4, 0.5) is 0 Å². The van der Waals surface area contributed by atoms with Crippen LogP contribution in [0.2, 0.25) is 0 Å². The molecule has 28 heavy (non-hydrogen) atoms. The van der Waals surface area contributed by atoms with E-state index in [2.05, 4.69) is 97.9 Å². The number of hydrogen-bond donors (Lipinski definition) is 0. The van der Waals surface area contributed by atoms with Crippen molar-refractivity contribution >= 4 is 23.2 Å². The molecule has 0 saturated heterocycles. The fourth-order valence-electron chi connectivity index (χ4n) is 5.67. The van der Waals surface area contributed by atoms with E-state index in [0.717, 1.165) is 0 Å². The van der Waals surface area contributed by atoms with Crippen molar-refractivity contribution in [3.63, 3.8) is 0 Å². The second-order valence-corrected chi connectivity index (χ2v) is 13.1. The average Bonchev–Trinajstić information content (AvgIpc) is 2.74. The van der Waals surface area contributed by atoms with Crippen molar-refractivity contribution in [2.75, 3.05) is 0 Å². The molecule has 0 spiro atoms. The summed E-state index contributed by atoms with van der Waals surface area (Å²) in [5.74, 6) is 0. The van der Waals surface area contributed by atoms with Gasteiger partial charge in [0.1, 0.15) is 0 Å². The molecular formula is C27H33P. The molecule has 0 heterocycles. The molecule has 4 rings (SSSR count). The van der Waals surface area contributed by atoms with E-state index in [9.17, 15) is 0 Å². The van der Waals surface area contributed by atoms with E-state index in [1.54, 1.807) is 15.9 Å². The van der Waals surface area contributed by atoms with E-state index in [-0.39, 0.29) is 0 Å². The van der Waals surface area contributed by atoms with E-state index in [4.69, 9.17) is 0 Å². The zero-order valence-corrected chi connectivity index (χ0v) is 18.1. The molecule has 1 saturated carbocycles. The molecule has 1 aliphatic carbocycles. The summed E-state index contributed by atoms with van der Waals surface area (Å²) in [7, 11) is -2.20. The predicted molar refractivity (Wildman–Crippen MR) is 127 cm³/mol. The second-order valence-electron chi connectivity index (χ2n) is 8.68. The first-order chi connectivity index (χ1) is 13.8. The van der Waals surface area contributed by atoms with Gasteiger partial charge in [0.15, 0.2) is 0 Å². The Morgan fingerprint density at radius 1 is 0.500 bits per heavy atom. The predicted octanol–water partition coefficient (Wildman–Crippen LogP) is 6.22. The van der Waals surface area contributed by atoms with Crippen molar-refractivity contribution in [2.45, 2.75) is 57.0 Å². The average molecular weight is 389 g/mol. The minimum atomic E-state index is -2.20. The fourth-order valence-corrected chi connectivity index (χ4v) is 11.9. The minimum absolute atomic E-state index is 0.317. The van der Waals surface area contributed by atoms with Gasteiger partial charge >= 0.3 is 171 Å². The van der Waals surface area contributed by atoms with Gasteiger partial charge in [0.2, 0.25) is 0 Å². The van der Waals surface area contributed by atoms with Gasteiger partial charge in [-0.15, -0.1) is 0 Å². The molecule has 1 aliphatic rings. The van der Waals surface area contributed by atoms with E-state index in [1.807, 2.05) is 0 Å². The van der Waals surface area contributed by atoms with Gasteiger partial charge in [0, 0.05) is 0 Å². The van der Waals surface area contributed by atoms with Crippen LogP contribution in [0.5, 0.6) is 0 Å². The number of rotatable bonds is 4. The molecule has 0 amide bonds. The van der Waals surface area contributed by atoms with Crippen molar-refractivity contribution in [2.24, 2.45) is 0 Å². The van der Waals surface area contributed by atoms with Gasteiger partial charge in [-0.1, -0.05) is 0 Å². The standard InChI is InChI=1S/C27H33P/c1-27(22-14-3-2-4-15-23-27)28(24-16-8-5-9-17-24,25-18-10-6-11-19-25)26-20-12-7-13-21-26/h5-13,16-21,28H,2-4,14-15,22-23H2,1H3. The Hall–Kier alpha value is -1.91. The Morgan fingerprint density at radius 3 is 1.18 bits per heavy atom. The summed E-state index contributed by atoms with van der Waals surface area (Å²) >= 11 is 0. The Morgan fingerprint density at radius 2 is 0.821 bits per heavy atom. The summed E-state index contributed by atoms with van der Waals surface area (Å²) in [6, 6.07) is 34.4. The topological polar surface area (TPSA) is 0 Å². The molecule has 3 aromatic carbocycles. The van der Waals surface area contributed by atoms with Gasteiger partial charge in [-0.2, -0.15) is 0 Å². The van der Waals surface area contributed by atoms with E-state index in [1.165, 1.54) is 44.9 Å². The number of hydrogen-bond acceptors (Lipinski definition) is 0. The molecule has 1 heteroatoms. The maximum absolute atomic E-state index is 2.62. The van der Waals surface area contributed by atoms with Crippen molar-refractivity contribution < 1.29 is 0 Å². The first-order valence-electron chi connectivity index (χ1n) is 10.9. The van der Waals surface area contributed by atoms with Gasteiger partial charge in [0.05, 0.1) is 0 Å². The monoisotopic (exact) mass is 388 g/mol. The summed E-state index contributed by atoms with van der Waals surface area (Å²) in [6.45, 7) is 2.62. The van der Waals surface area contributed by atoms with E-state index >= 15 is 0 Å². The van der Waals surface area contributed by atoms with Crippen LogP contribution in [0.25, 0.3) is 0 Å². The molecule has 1 fully saturated rings. The summed E-state index contributed by atoms with van der Waals surface area (Å²) in [5, 5.41) is 5.01. The zero-order valence-electron chi connectivity index (χ0n) is 17.1. The van der Waals surface area contributed by atoms with Crippen LogP contribution < -0.4 is 15.9 Å². The van der Waals surface area contributed by atoms with Gasteiger partial charge in [-0.3, -0.25) is 0 Å². The molecule has 0 aromatic heterocycles. The molecule has 0 atom stereocenters. The Balaban J connectivity index is 2.03. The molecule has 3 aromatic rings. The van der Waals surface area contributed by atoms with Crippen LogP contribution in [0.3, 0.4) is 0 Å². The first-order valence-corrected chi connectivity index (χ1v) is 12.9. The number of benzene rings is 3. The quantitative estimate of drug-likeness (QED) is 0.466. The van der Waals surface area contributed by atoms with Gasteiger partial charge < -0.3 is 0 Å². The van der Waals surface area contributed by atoms with Crippen LogP contribution >= 0.6 is 7.26 Å². The summed E-state index contributed by atoms with van der Waals surface area (Å²) in [6.07, 6.45) is 9.56. The molecular weight excluding hydrogens is 355 g/mol. The van der Waals surface area contributed by atoms with Crippen LogP contribution in [-0.4, -0.2) is 5.16 Å². The van der Waals surface area contributed by atoms with Gasteiger partial charge in [-0.25, -0.2) is 0 Å². The molecule has 0 N–H and O–H groups in total. The van der Waals surface area contributed by atoms with Crippen molar-refractivity contribution in [1.29, 1.82) is 0 Å². The van der Waals surface area contributed by atoms with E-state index < -0.39 is 7.26 Å². The summed E-state index contributed by atoms with van der Waals surface area (Å²) in [4.78, 5) is 0. The fraction of sp³-hybridized carbons (Fsp3) is 0.333. The van der Waals surface area contributed by atoms with Crippen LogP contribution in [-0.2, 0) is 0 Å². The SMILES string of the molecule is CC1([PH](c2ccccc2)(c2ccccc2)c2ccccc2)CCCCCCC1. The molecule has 0 unspecified atom stereocenters. The third-order valence-corrected chi connectivity index (χ3v) is 12.9. The third kappa shape index (κ3) is 3.44. The van der Waals surface area contributed by atoms with Crippen LogP contribution in [0.15, 0.2) is 91.0 Å². The molecule has 0 bridgehead atoms. The first kappa shape index (κ1) is 19.4. The molecule has 0 nitrogen and oxygen atoms in total.